The van der Waals surface area contributed by atoms with Crippen molar-refractivity contribution in [2.24, 2.45) is 0 Å². The highest BCUT2D eigenvalue weighted by molar-refractivity contribution is 5.91. The fourth-order valence-electron chi connectivity index (χ4n) is 1.94. The molecule has 0 heterocycles. The van der Waals surface area contributed by atoms with Crippen LogP contribution < -0.4 is 14.8 Å². The third-order valence-corrected chi connectivity index (χ3v) is 3.07. The number of carbonyl (C=O) groups excluding carboxylic acids is 1. The van der Waals surface area contributed by atoms with E-state index < -0.39 is 12.3 Å². The molecule has 0 fully saturated rings. The standard InChI is InChI=1S/C17H16F3NO3/c1-11-3-4-12(2)15(9-11)23-10-16(22)21-13-5-7-14(8-6-13)24-17(18,19)20/h3-9H,10H2,1-2H3,(H,21,22). The lowest BCUT2D eigenvalue weighted by molar-refractivity contribution is -0.274. The topological polar surface area (TPSA) is 47.6 Å². The van der Waals surface area contributed by atoms with Gasteiger partial charge < -0.3 is 14.8 Å². The molecule has 0 unspecified atom stereocenters. The van der Waals surface area contributed by atoms with Crippen LogP contribution in [0.2, 0.25) is 0 Å². The fraction of sp³-hybridized carbons (Fsp3) is 0.235. The van der Waals surface area contributed by atoms with Gasteiger partial charge in [-0.05, 0) is 55.3 Å². The van der Waals surface area contributed by atoms with E-state index in [1.54, 1.807) is 0 Å². The maximum absolute atomic E-state index is 12.1. The van der Waals surface area contributed by atoms with Crippen molar-refractivity contribution in [2.45, 2.75) is 20.2 Å². The molecule has 24 heavy (non-hydrogen) atoms. The van der Waals surface area contributed by atoms with E-state index in [-0.39, 0.29) is 12.4 Å². The van der Waals surface area contributed by atoms with Gasteiger partial charge in [-0.1, -0.05) is 12.1 Å². The van der Waals surface area contributed by atoms with Gasteiger partial charge >= 0.3 is 6.36 Å². The quantitative estimate of drug-likeness (QED) is 0.887. The molecule has 0 saturated carbocycles. The number of amides is 1. The first-order chi connectivity index (χ1) is 11.2. The number of ether oxygens (including phenoxy) is 2. The van der Waals surface area contributed by atoms with Crippen LogP contribution in [-0.2, 0) is 4.79 Å². The van der Waals surface area contributed by atoms with E-state index >= 15 is 0 Å². The number of carbonyl (C=O) groups is 1. The molecule has 0 radical (unpaired) electrons. The first-order valence-corrected chi connectivity index (χ1v) is 7.09. The maximum atomic E-state index is 12.1. The van der Waals surface area contributed by atoms with Crippen molar-refractivity contribution in [3.8, 4) is 11.5 Å². The van der Waals surface area contributed by atoms with Gasteiger partial charge in [0.15, 0.2) is 6.61 Å². The molecule has 0 saturated heterocycles. The van der Waals surface area contributed by atoms with Crippen molar-refractivity contribution in [1.82, 2.24) is 0 Å². The van der Waals surface area contributed by atoms with Gasteiger partial charge in [-0.3, -0.25) is 4.79 Å². The van der Waals surface area contributed by atoms with Crippen LogP contribution in [0.1, 0.15) is 11.1 Å². The number of hydrogen-bond acceptors (Lipinski definition) is 3. The van der Waals surface area contributed by atoms with Crippen LogP contribution in [0, 0.1) is 13.8 Å². The average molecular weight is 339 g/mol. The number of nitrogens with one attached hydrogen (secondary N) is 1. The van der Waals surface area contributed by atoms with E-state index in [0.29, 0.717) is 11.4 Å². The van der Waals surface area contributed by atoms with Gasteiger partial charge in [0.2, 0.25) is 0 Å². The summed E-state index contributed by atoms with van der Waals surface area (Å²) in [7, 11) is 0. The predicted octanol–water partition coefficient (Wildman–Crippen LogP) is 4.22. The summed E-state index contributed by atoms with van der Waals surface area (Å²) in [4.78, 5) is 11.8. The summed E-state index contributed by atoms with van der Waals surface area (Å²) in [5, 5.41) is 2.54. The Labute approximate surface area is 137 Å². The minimum absolute atomic E-state index is 0.203. The van der Waals surface area contributed by atoms with E-state index in [1.165, 1.54) is 12.1 Å². The Kier molecular flexibility index (Phi) is 5.33. The lowest BCUT2D eigenvalue weighted by Crippen LogP contribution is -2.20. The van der Waals surface area contributed by atoms with Crippen LogP contribution >= 0.6 is 0 Å². The van der Waals surface area contributed by atoms with Crippen molar-refractivity contribution in [1.29, 1.82) is 0 Å². The molecule has 2 rings (SSSR count). The highest BCUT2D eigenvalue weighted by Gasteiger charge is 2.30. The lowest BCUT2D eigenvalue weighted by Gasteiger charge is -2.11. The Hall–Kier alpha value is -2.70. The fourth-order valence-corrected chi connectivity index (χ4v) is 1.94. The van der Waals surface area contributed by atoms with Gasteiger partial charge in [0, 0.05) is 5.69 Å². The molecule has 0 aliphatic heterocycles. The molecule has 4 nitrogen and oxygen atoms in total. The number of anilines is 1. The van der Waals surface area contributed by atoms with Gasteiger partial charge in [0.05, 0.1) is 0 Å². The van der Waals surface area contributed by atoms with Crippen molar-refractivity contribution >= 4 is 11.6 Å². The third-order valence-electron chi connectivity index (χ3n) is 3.07. The molecule has 0 spiro atoms. The SMILES string of the molecule is Cc1ccc(C)c(OCC(=O)Nc2ccc(OC(F)(F)F)cc2)c1. The van der Waals surface area contributed by atoms with E-state index in [9.17, 15) is 18.0 Å². The molecule has 2 aromatic rings. The zero-order valence-electron chi connectivity index (χ0n) is 13.1. The first kappa shape index (κ1) is 17.7. The summed E-state index contributed by atoms with van der Waals surface area (Å²) in [5.41, 5.74) is 2.26. The second-order valence-electron chi connectivity index (χ2n) is 5.18. The number of halogens is 3. The Morgan fingerprint density at radius 1 is 1.08 bits per heavy atom. The van der Waals surface area contributed by atoms with Gasteiger partial charge in [-0.15, -0.1) is 13.2 Å². The number of rotatable bonds is 5. The molecule has 0 atom stereocenters. The van der Waals surface area contributed by atoms with E-state index in [2.05, 4.69) is 10.1 Å². The normalized spacial score (nSPS) is 11.0. The molecule has 0 aliphatic rings. The number of alkyl halides is 3. The van der Waals surface area contributed by atoms with Crippen LogP contribution in [0.4, 0.5) is 18.9 Å². The molecular formula is C17H16F3NO3. The maximum Gasteiger partial charge on any atom is 0.573 e. The molecule has 0 aliphatic carbocycles. The Morgan fingerprint density at radius 2 is 1.75 bits per heavy atom. The molecule has 7 heteroatoms. The second-order valence-corrected chi connectivity index (χ2v) is 5.18. The summed E-state index contributed by atoms with van der Waals surface area (Å²) >= 11 is 0. The lowest BCUT2D eigenvalue weighted by atomic mass is 10.1. The second kappa shape index (κ2) is 7.25. The summed E-state index contributed by atoms with van der Waals surface area (Å²) < 4.78 is 45.4. The highest BCUT2D eigenvalue weighted by atomic mass is 19.4. The summed E-state index contributed by atoms with van der Waals surface area (Å²) in [6, 6.07) is 10.5. The molecule has 2 aromatic carbocycles. The van der Waals surface area contributed by atoms with E-state index in [1.807, 2.05) is 32.0 Å². The van der Waals surface area contributed by atoms with E-state index in [0.717, 1.165) is 23.3 Å². The minimum Gasteiger partial charge on any atom is -0.483 e. The largest absolute Gasteiger partial charge is 0.573 e. The van der Waals surface area contributed by atoms with Crippen molar-refractivity contribution in [3.63, 3.8) is 0 Å². The smallest absolute Gasteiger partial charge is 0.483 e. The minimum atomic E-state index is -4.75. The molecule has 1 amide bonds. The van der Waals surface area contributed by atoms with Crippen LogP contribution in [0.5, 0.6) is 11.5 Å². The van der Waals surface area contributed by atoms with E-state index in [4.69, 9.17) is 4.74 Å². The molecule has 128 valence electrons. The van der Waals surface area contributed by atoms with Crippen molar-refractivity contribution in [3.05, 3.63) is 53.6 Å². The van der Waals surface area contributed by atoms with Gasteiger partial charge in [0.1, 0.15) is 11.5 Å². The molecular weight excluding hydrogens is 323 g/mol. The number of aryl methyl sites for hydroxylation is 2. The number of benzene rings is 2. The predicted molar refractivity (Wildman–Crippen MR) is 83.2 cm³/mol. The third kappa shape index (κ3) is 5.49. The van der Waals surface area contributed by atoms with Crippen molar-refractivity contribution in [2.75, 3.05) is 11.9 Å². The zero-order valence-corrected chi connectivity index (χ0v) is 13.1. The highest BCUT2D eigenvalue weighted by Crippen LogP contribution is 2.24. The van der Waals surface area contributed by atoms with Crippen LogP contribution in [-0.4, -0.2) is 18.9 Å². The first-order valence-electron chi connectivity index (χ1n) is 7.09. The monoisotopic (exact) mass is 339 g/mol. The Balaban J connectivity index is 1.89. The number of hydrogen-bond donors (Lipinski definition) is 1. The zero-order chi connectivity index (χ0) is 17.7. The van der Waals surface area contributed by atoms with Crippen LogP contribution in [0.3, 0.4) is 0 Å². The summed E-state index contributed by atoms with van der Waals surface area (Å²) in [5.74, 6) is -0.161. The summed E-state index contributed by atoms with van der Waals surface area (Å²) in [6.45, 7) is 3.58. The van der Waals surface area contributed by atoms with Crippen LogP contribution in [0.25, 0.3) is 0 Å². The average Bonchev–Trinajstić information content (AvgIpc) is 2.49. The Morgan fingerprint density at radius 3 is 2.38 bits per heavy atom. The van der Waals surface area contributed by atoms with Gasteiger partial charge in [-0.25, -0.2) is 0 Å². The van der Waals surface area contributed by atoms with Gasteiger partial charge in [0.25, 0.3) is 5.91 Å². The summed E-state index contributed by atoms with van der Waals surface area (Å²) in [6.07, 6.45) is -4.75. The molecule has 0 aromatic heterocycles. The van der Waals surface area contributed by atoms with Crippen LogP contribution in [0.15, 0.2) is 42.5 Å². The molecule has 1 N–H and O–H groups in total. The molecule has 0 bridgehead atoms. The van der Waals surface area contributed by atoms with Crippen molar-refractivity contribution < 1.29 is 27.4 Å². The van der Waals surface area contributed by atoms with Gasteiger partial charge in [-0.2, -0.15) is 0 Å². The Bertz CT molecular complexity index is 712.